The van der Waals surface area contributed by atoms with Gasteiger partial charge in [-0.1, -0.05) is 0 Å². The zero-order valence-corrected chi connectivity index (χ0v) is 10.6. The van der Waals surface area contributed by atoms with Gasteiger partial charge in [-0.25, -0.2) is 4.98 Å². The van der Waals surface area contributed by atoms with Crippen molar-refractivity contribution in [3.8, 4) is 28.5 Å². The summed E-state index contributed by atoms with van der Waals surface area (Å²) < 4.78 is 0. The van der Waals surface area contributed by atoms with E-state index in [9.17, 15) is 15.2 Å². The molecule has 0 atom stereocenters. The van der Waals surface area contributed by atoms with Crippen molar-refractivity contribution in [2.24, 2.45) is 0 Å². The summed E-state index contributed by atoms with van der Waals surface area (Å²) in [5.41, 5.74) is 0.808. The van der Waals surface area contributed by atoms with Crippen molar-refractivity contribution in [1.29, 1.82) is 0 Å². The quantitative estimate of drug-likeness (QED) is 0.561. The molecule has 0 aliphatic heterocycles. The van der Waals surface area contributed by atoms with Gasteiger partial charge in [-0.2, -0.15) is 5.10 Å². The van der Waals surface area contributed by atoms with Gasteiger partial charge < -0.3 is 5.11 Å². The number of aromatic amines is 1. The Kier molecular flexibility index (Phi) is 3.03. The number of phenols is 1. The van der Waals surface area contributed by atoms with Gasteiger partial charge in [0.15, 0.2) is 17.4 Å². The van der Waals surface area contributed by atoms with Crippen LogP contribution in [0.4, 0.5) is 5.69 Å². The number of benzene rings is 1. The molecule has 2 N–H and O–H groups in total. The highest BCUT2D eigenvalue weighted by Gasteiger charge is 2.16. The van der Waals surface area contributed by atoms with Gasteiger partial charge in [-0.15, -0.1) is 0 Å². The third kappa shape index (κ3) is 2.41. The van der Waals surface area contributed by atoms with Gasteiger partial charge in [-0.05, 0) is 24.3 Å². The summed E-state index contributed by atoms with van der Waals surface area (Å²) in [5.74, 6) is 0.418. The van der Waals surface area contributed by atoms with E-state index in [4.69, 9.17) is 0 Å². The van der Waals surface area contributed by atoms with E-state index in [1.165, 1.54) is 18.2 Å². The van der Waals surface area contributed by atoms with E-state index in [0.717, 1.165) is 5.56 Å². The van der Waals surface area contributed by atoms with Crippen LogP contribution in [0.25, 0.3) is 22.8 Å². The Hall–Kier alpha value is -3.29. The van der Waals surface area contributed by atoms with Crippen molar-refractivity contribution < 1.29 is 10.0 Å². The van der Waals surface area contributed by atoms with Crippen LogP contribution in [0.2, 0.25) is 0 Å². The largest absolute Gasteiger partial charge is 0.502 e. The number of nitrogens with zero attached hydrogens (tertiary/aromatic N) is 4. The number of nitrogens with one attached hydrogen (secondary N) is 1. The summed E-state index contributed by atoms with van der Waals surface area (Å²) in [4.78, 5) is 18.4. The van der Waals surface area contributed by atoms with E-state index in [0.29, 0.717) is 17.2 Å². The zero-order valence-electron chi connectivity index (χ0n) is 10.6. The SMILES string of the molecule is O=[N+]([O-])c1cc(-c2nc(-c3cccnc3)n[nH]2)ccc1O. The number of phenolic OH excluding ortho intramolecular Hbond substituents is 1. The first-order valence-electron chi connectivity index (χ1n) is 5.96. The molecule has 3 aromatic rings. The third-order valence-corrected chi connectivity index (χ3v) is 2.85. The van der Waals surface area contributed by atoms with Gasteiger partial charge in [0.1, 0.15) is 0 Å². The minimum Gasteiger partial charge on any atom is -0.502 e. The lowest BCUT2D eigenvalue weighted by molar-refractivity contribution is -0.385. The molecule has 2 aromatic heterocycles. The molecule has 2 heterocycles. The molecule has 0 saturated carbocycles. The van der Waals surface area contributed by atoms with Gasteiger partial charge in [0.05, 0.1) is 4.92 Å². The Balaban J connectivity index is 2.01. The summed E-state index contributed by atoms with van der Waals surface area (Å²) in [6, 6.07) is 7.58. The van der Waals surface area contributed by atoms with E-state index >= 15 is 0 Å². The fourth-order valence-electron chi connectivity index (χ4n) is 1.83. The minimum atomic E-state index is -0.656. The Morgan fingerprint density at radius 1 is 1.24 bits per heavy atom. The van der Waals surface area contributed by atoms with E-state index in [1.807, 2.05) is 0 Å². The lowest BCUT2D eigenvalue weighted by Crippen LogP contribution is -1.90. The Labute approximate surface area is 118 Å². The van der Waals surface area contributed by atoms with E-state index in [2.05, 4.69) is 20.2 Å². The number of nitro groups is 1. The second-order valence-corrected chi connectivity index (χ2v) is 4.21. The number of H-pyrrole nitrogens is 1. The van der Waals surface area contributed by atoms with E-state index < -0.39 is 10.7 Å². The summed E-state index contributed by atoms with van der Waals surface area (Å²) >= 11 is 0. The van der Waals surface area contributed by atoms with Crippen LogP contribution in [-0.4, -0.2) is 30.2 Å². The Morgan fingerprint density at radius 2 is 2.10 bits per heavy atom. The average molecular weight is 283 g/mol. The van der Waals surface area contributed by atoms with Crippen LogP contribution in [0.5, 0.6) is 5.75 Å². The summed E-state index contributed by atoms with van der Waals surface area (Å²) in [5, 5.41) is 27.0. The first kappa shape index (κ1) is 12.7. The van der Waals surface area contributed by atoms with Gasteiger partial charge in [0.25, 0.3) is 0 Å². The van der Waals surface area contributed by atoms with Crippen molar-refractivity contribution in [3.05, 3.63) is 52.8 Å². The molecule has 0 aliphatic carbocycles. The number of nitro benzene ring substituents is 1. The molecule has 0 bridgehead atoms. The maximum Gasteiger partial charge on any atom is 0.311 e. The number of rotatable bonds is 3. The van der Waals surface area contributed by atoms with Gasteiger partial charge >= 0.3 is 5.69 Å². The van der Waals surface area contributed by atoms with E-state index in [-0.39, 0.29) is 5.69 Å². The predicted octanol–water partition coefficient (Wildman–Crippen LogP) is 2.15. The standard InChI is InChI=1S/C13H9N5O3/c19-11-4-3-8(6-10(11)18(20)21)12-15-13(17-16-12)9-2-1-5-14-7-9/h1-7,19H,(H,15,16,17). The van der Waals surface area contributed by atoms with Crippen LogP contribution >= 0.6 is 0 Å². The van der Waals surface area contributed by atoms with Crippen LogP contribution in [0.15, 0.2) is 42.7 Å². The lowest BCUT2D eigenvalue weighted by Gasteiger charge is -1.98. The lowest BCUT2D eigenvalue weighted by atomic mass is 10.2. The fourth-order valence-corrected chi connectivity index (χ4v) is 1.83. The third-order valence-electron chi connectivity index (χ3n) is 2.85. The maximum atomic E-state index is 10.8. The van der Waals surface area contributed by atoms with Gasteiger partial charge in [0.2, 0.25) is 0 Å². The second-order valence-electron chi connectivity index (χ2n) is 4.21. The Morgan fingerprint density at radius 3 is 2.81 bits per heavy atom. The van der Waals surface area contributed by atoms with Gasteiger partial charge in [0, 0.05) is 29.6 Å². The van der Waals surface area contributed by atoms with Crippen molar-refractivity contribution >= 4 is 5.69 Å². The molecule has 0 aliphatic rings. The van der Waals surface area contributed by atoms with Crippen LogP contribution in [0.3, 0.4) is 0 Å². The number of pyridine rings is 1. The van der Waals surface area contributed by atoms with Crippen LogP contribution in [-0.2, 0) is 0 Å². The molecular formula is C13H9N5O3. The highest BCUT2D eigenvalue weighted by molar-refractivity contribution is 5.65. The number of aromatic hydroxyl groups is 1. The van der Waals surface area contributed by atoms with Crippen molar-refractivity contribution in [2.45, 2.75) is 0 Å². The minimum absolute atomic E-state index is 0.372. The summed E-state index contributed by atoms with van der Waals surface area (Å²) in [6.45, 7) is 0. The van der Waals surface area contributed by atoms with Gasteiger partial charge in [-0.3, -0.25) is 20.2 Å². The molecule has 104 valence electrons. The highest BCUT2D eigenvalue weighted by Crippen LogP contribution is 2.30. The topological polar surface area (TPSA) is 118 Å². The maximum absolute atomic E-state index is 10.8. The first-order chi connectivity index (χ1) is 10.1. The van der Waals surface area contributed by atoms with Crippen molar-refractivity contribution in [1.82, 2.24) is 20.2 Å². The molecule has 0 unspecified atom stereocenters. The average Bonchev–Trinajstić information content (AvgIpc) is 2.98. The number of hydrogen-bond acceptors (Lipinski definition) is 6. The van der Waals surface area contributed by atoms with Crippen molar-refractivity contribution in [3.63, 3.8) is 0 Å². The monoisotopic (exact) mass is 283 g/mol. The predicted molar refractivity (Wildman–Crippen MR) is 73.4 cm³/mol. The van der Waals surface area contributed by atoms with Crippen LogP contribution in [0, 0.1) is 10.1 Å². The number of aromatic nitrogens is 4. The van der Waals surface area contributed by atoms with Crippen molar-refractivity contribution in [2.75, 3.05) is 0 Å². The molecule has 8 nitrogen and oxygen atoms in total. The smallest absolute Gasteiger partial charge is 0.311 e. The van der Waals surface area contributed by atoms with Crippen LogP contribution < -0.4 is 0 Å². The first-order valence-corrected chi connectivity index (χ1v) is 5.96. The molecular weight excluding hydrogens is 274 g/mol. The Bertz CT molecular complexity index is 801. The fraction of sp³-hybridized carbons (Fsp3) is 0. The molecule has 0 spiro atoms. The molecule has 8 heteroatoms. The molecule has 3 rings (SSSR count). The normalized spacial score (nSPS) is 10.5. The molecule has 0 amide bonds. The second kappa shape index (κ2) is 5.00. The zero-order chi connectivity index (χ0) is 14.8. The summed E-state index contributed by atoms with van der Waals surface area (Å²) in [6.07, 6.45) is 3.26. The highest BCUT2D eigenvalue weighted by atomic mass is 16.6. The number of hydrogen-bond donors (Lipinski definition) is 2. The molecule has 0 saturated heterocycles. The molecule has 21 heavy (non-hydrogen) atoms. The van der Waals surface area contributed by atoms with Crippen LogP contribution in [0.1, 0.15) is 0 Å². The molecule has 1 aromatic carbocycles. The summed E-state index contributed by atoms with van der Waals surface area (Å²) in [7, 11) is 0. The van der Waals surface area contributed by atoms with E-state index in [1.54, 1.807) is 24.5 Å². The molecule has 0 fully saturated rings. The molecule has 0 radical (unpaired) electrons.